The highest BCUT2D eigenvalue weighted by Gasteiger charge is 2.24. The summed E-state index contributed by atoms with van der Waals surface area (Å²) in [7, 11) is 0. The molecule has 3 aromatic rings. The maximum atomic E-state index is 13.5. The molecule has 0 unspecified atom stereocenters. The summed E-state index contributed by atoms with van der Waals surface area (Å²) in [6.45, 7) is 7.00. The van der Waals surface area contributed by atoms with Crippen molar-refractivity contribution in [3.05, 3.63) is 74.4 Å². The Morgan fingerprint density at radius 1 is 0.875 bits per heavy atom. The van der Waals surface area contributed by atoms with Crippen molar-refractivity contribution in [2.75, 3.05) is 26.2 Å². The molecule has 0 atom stereocenters. The number of aryl methyl sites for hydroxylation is 2. The second-order valence-corrected chi connectivity index (χ2v) is 8.18. The van der Waals surface area contributed by atoms with E-state index in [1.54, 1.807) is 46.2 Å². The van der Waals surface area contributed by atoms with Crippen molar-refractivity contribution in [3.8, 4) is 5.69 Å². The van der Waals surface area contributed by atoms with E-state index in [-0.39, 0.29) is 18.4 Å². The molecule has 0 spiro atoms. The molecular weight excluding hydrogens is 408 g/mol. The zero-order valence-electron chi connectivity index (χ0n) is 18.5. The average Bonchev–Trinajstić information content (AvgIpc) is 2.79. The molecule has 1 aliphatic heterocycles. The number of hydrogen-bond donors (Lipinski definition) is 0. The third-order valence-corrected chi connectivity index (χ3v) is 6.17. The van der Waals surface area contributed by atoms with Crippen molar-refractivity contribution in [3.63, 3.8) is 0 Å². The van der Waals surface area contributed by atoms with Gasteiger partial charge in [0.05, 0.1) is 16.6 Å². The number of aromatic nitrogens is 2. The monoisotopic (exact) mass is 434 g/mol. The fraction of sp³-hybridized carbons (Fsp3) is 0.333. The molecule has 1 aliphatic rings. The summed E-state index contributed by atoms with van der Waals surface area (Å²) in [6, 6.07) is 12.3. The van der Waals surface area contributed by atoms with Crippen LogP contribution in [0.5, 0.6) is 0 Å². The molecule has 2 aromatic carbocycles. The van der Waals surface area contributed by atoms with Crippen LogP contribution in [0, 0.1) is 13.8 Å². The van der Waals surface area contributed by atoms with Crippen LogP contribution in [-0.4, -0.2) is 56.9 Å². The average molecular weight is 434 g/mol. The van der Waals surface area contributed by atoms with E-state index < -0.39 is 11.2 Å². The molecule has 166 valence electrons. The fourth-order valence-corrected chi connectivity index (χ4v) is 4.07. The minimum atomic E-state index is -0.548. The van der Waals surface area contributed by atoms with Crippen LogP contribution in [0.15, 0.2) is 52.1 Å². The first-order valence-corrected chi connectivity index (χ1v) is 10.6. The van der Waals surface area contributed by atoms with Crippen molar-refractivity contribution in [2.24, 2.45) is 0 Å². The second kappa shape index (κ2) is 8.45. The van der Waals surface area contributed by atoms with Crippen molar-refractivity contribution < 1.29 is 9.59 Å². The van der Waals surface area contributed by atoms with E-state index in [0.29, 0.717) is 42.8 Å². The number of piperazine rings is 1. The van der Waals surface area contributed by atoms with E-state index in [4.69, 9.17) is 0 Å². The minimum Gasteiger partial charge on any atom is -0.339 e. The molecule has 32 heavy (non-hydrogen) atoms. The van der Waals surface area contributed by atoms with Crippen LogP contribution < -0.4 is 11.2 Å². The Bertz CT molecular complexity index is 1330. The Kier molecular flexibility index (Phi) is 5.69. The summed E-state index contributed by atoms with van der Waals surface area (Å²) in [5, 5.41) is 0.375. The van der Waals surface area contributed by atoms with Crippen molar-refractivity contribution >= 4 is 22.7 Å². The second-order valence-electron chi connectivity index (χ2n) is 8.18. The lowest BCUT2D eigenvalue weighted by molar-refractivity contribution is -0.138. The van der Waals surface area contributed by atoms with Gasteiger partial charge in [-0.05, 0) is 49.2 Å². The topological polar surface area (TPSA) is 84.6 Å². The Hall–Kier alpha value is -3.68. The van der Waals surface area contributed by atoms with Gasteiger partial charge in [-0.2, -0.15) is 0 Å². The molecule has 0 N–H and O–H groups in total. The van der Waals surface area contributed by atoms with E-state index in [2.05, 4.69) is 0 Å². The van der Waals surface area contributed by atoms with Crippen LogP contribution in [0.3, 0.4) is 0 Å². The first-order chi connectivity index (χ1) is 15.3. The maximum absolute atomic E-state index is 13.5. The molecule has 0 bridgehead atoms. The molecule has 2 amide bonds. The molecule has 4 rings (SSSR count). The third-order valence-electron chi connectivity index (χ3n) is 6.17. The zero-order chi connectivity index (χ0) is 23.0. The number of fused-ring (bicyclic) bond motifs is 1. The lowest BCUT2D eigenvalue weighted by Crippen LogP contribution is -2.51. The summed E-state index contributed by atoms with van der Waals surface area (Å²) in [5.74, 6) is -0.231. The molecule has 8 heteroatoms. The van der Waals surface area contributed by atoms with Crippen LogP contribution in [0.25, 0.3) is 16.6 Å². The Labute approximate surface area is 185 Å². The van der Waals surface area contributed by atoms with Gasteiger partial charge in [0.25, 0.3) is 5.56 Å². The van der Waals surface area contributed by atoms with Crippen LogP contribution >= 0.6 is 0 Å². The van der Waals surface area contributed by atoms with Crippen LogP contribution in [0.4, 0.5) is 0 Å². The van der Waals surface area contributed by atoms with Gasteiger partial charge in [0.2, 0.25) is 11.8 Å². The number of carbonyl (C=O) groups is 2. The number of nitrogens with zero attached hydrogens (tertiary/aromatic N) is 4. The van der Waals surface area contributed by atoms with Crippen LogP contribution in [0.2, 0.25) is 0 Å². The number of hydrogen-bond acceptors (Lipinski definition) is 4. The summed E-state index contributed by atoms with van der Waals surface area (Å²) in [4.78, 5) is 54.6. The van der Waals surface area contributed by atoms with E-state index in [0.717, 1.165) is 15.7 Å². The highest BCUT2D eigenvalue weighted by molar-refractivity contribution is 5.82. The number of para-hydroxylation sites is 1. The van der Waals surface area contributed by atoms with E-state index in [1.807, 2.05) is 19.9 Å². The predicted octanol–water partition coefficient (Wildman–Crippen LogP) is 1.46. The summed E-state index contributed by atoms with van der Waals surface area (Å²) >= 11 is 0. The van der Waals surface area contributed by atoms with Gasteiger partial charge in [-0.15, -0.1) is 0 Å². The number of rotatable bonds is 3. The highest BCUT2D eigenvalue weighted by atomic mass is 16.2. The van der Waals surface area contributed by atoms with Gasteiger partial charge in [-0.3, -0.25) is 19.0 Å². The van der Waals surface area contributed by atoms with Crippen molar-refractivity contribution in [1.82, 2.24) is 18.9 Å². The standard InChI is InChI=1S/C24H26N4O4/c1-16-8-9-19(14-17(16)2)28-23(31)20-6-4-5-7-21(20)27(24(28)32)15-22(30)26-12-10-25(11-13-26)18(3)29/h4-9,14H,10-13,15H2,1-3H3. The van der Waals surface area contributed by atoms with Crippen molar-refractivity contribution in [1.29, 1.82) is 0 Å². The minimum absolute atomic E-state index is 0.0141. The Balaban J connectivity index is 1.77. The summed E-state index contributed by atoms with van der Waals surface area (Å²) in [5.41, 5.74) is 1.97. The van der Waals surface area contributed by atoms with Crippen LogP contribution in [-0.2, 0) is 16.1 Å². The molecule has 1 saturated heterocycles. The van der Waals surface area contributed by atoms with Crippen LogP contribution in [0.1, 0.15) is 18.1 Å². The van der Waals surface area contributed by atoms with E-state index >= 15 is 0 Å². The summed E-state index contributed by atoms with van der Waals surface area (Å²) < 4.78 is 2.50. The lowest BCUT2D eigenvalue weighted by atomic mass is 10.1. The maximum Gasteiger partial charge on any atom is 0.336 e. The largest absolute Gasteiger partial charge is 0.339 e. The highest BCUT2D eigenvalue weighted by Crippen LogP contribution is 2.14. The number of amides is 2. The molecule has 0 radical (unpaired) electrons. The van der Waals surface area contributed by atoms with E-state index in [1.165, 1.54) is 11.5 Å². The van der Waals surface area contributed by atoms with Gasteiger partial charge in [-0.1, -0.05) is 18.2 Å². The first kappa shape index (κ1) is 21.5. The predicted molar refractivity (Wildman–Crippen MR) is 122 cm³/mol. The summed E-state index contributed by atoms with van der Waals surface area (Å²) in [6.07, 6.45) is 0. The molecule has 1 aromatic heterocycles. The van der Waals surface area contributed by atoms with Gasteiger partial charge in [0, 0.05) is 33.1 Å². The molecule has 0 saturated carbocycles. The van der Waals surface area contributed by atoms with Crippen molar-refractivity contribution in [2.45, 2.75) is 27.3 Å². The van der Waals surface area contributed by atoms with Gasteiger partial charge in [0.1, 0.15) is 6.54 Å². The quantitative estimate of drug-likeness (QED) is 0.625. The molecule has 1 fully saturated rings. The lowest BCUT2D eigenvalue weighted by Gasteiger charge is -2.34. The smallest absolute Gasteiger partial charge is 0.336 e. The Morgan fingerprint density at radius 3 is 2.19 bits per heavy atom. The van der Waals surface area contributed by atoms with Gasteiger partial charge < -0.3 is 9.80 Å². The normalized spacial score (nSPS) is 14.1. The molecule has 8 nitrogen and oxygen atoms in total. The SMILES string of the molecule is CC(=O)N1CCN(C(=O)Cn2c(=O)n(-c3ccc(C)c(C)c3)c(=O)c3ccccc32)CC1. The van der Waals surface area contributed by atoms with Gasteiger partial charge in [0.15, 0.2) is 0 Å². The Morgan fingerprint density at radius 2 is 1.53 bits per heavy atom. The van der Waals surface area contributed by atoms with E-state index in [9.17, 15) is 19.2 Å². The molecule has 0 aliphatic carbocycles. The number of benzene rings is 2. The number of carbonyl (C=O) groups excluding carboxylic acids is 2. The van der Waals surface area contributed by atoms with Gasteiger partial charge in [-0.25, -0.2) is 9.36 Å². The first-order valence-electron chi connectivity index (χ1n) is 10.6. The fourth-order valence-electron chi connectivity index (χ4n) is 4.07. The molecular formula is C24H26N4O4. The molecule has 2 heterocycles. The zero-order valence-corrected chi connectivity index (χ0v) is 18.5. The van der Waals surface area contributed by atoms with Gasteiger partial charge >= 0.3 is 5.69 Å². The third kappa shape index (κ3) is 3.84.